The van der Waals surface area contributed by atoms with Crippen molar-refractivity contribution in [3.8, 4) is 5.88 Å². The summed E-state index contributed by atoms with van der Waals surface area (Å²) < 4.78 is 33.9. The fraction of sp³-hybridized carbons (Fsp3) is 0.455. The van der Waals surface area contributed by atoms with E-state index in [0.717, 1.165) is 0 Å². The minimum Gasteiger partial charge on any atom is -0.456 e. The van der Waals surface area contributed by atoms with Gasteiger partial charge in [0.05, 0.1) is 0 Å². The molecule has 0 saturated heterocycles. The van der Waals surface area contributed by atoms with Gasteiger partial charge in [-0.25, -0.2) is 9.78 Å². The summed E-state index contributed by atoms with van der Waals surface area (Å²) in [6.07, 6.45) is 0. The number of ether oxygens (including phenoxy) is 2. The van der Waals surface area contributed by atoms with Crippen LogP contribution in [-0.4, -0.2) is 23.2 Å². The average Bonchev–Trinajstić information content (AvgIpc) is 2.13. The minimum atomic E-state index is -3.06. The quantitative estimate of drug-likeness (QED) is 0.632. The molecule has 100 valence electrons. The molecule has 1 aromatic rings. The highest BCUT2D eigenvalue weighted by atomic mass is 79.9. The highest BCUT2D eigenvalue weighted by Crippen LogP contribution is 2.23. The highest BCUT2D eigenvalue weighted by Gasteiger charge is 2.23. The molecular weight excluding hydrogens is 312 g/mol. The fourth-order valence-corrected chi connectivity index (χ4v) is 1.37. The molecule has 0 radical (unpaired) electrons. The first-order valence-electron chi connectivity index (χ1n) is 5.04. The number of hydrogen-bond donors (Lipinski definition) is 0. The van der Waals surface area contributed by atoms with Crippen molar-refractivity contribution >= 4 is 21.9 Å². The van der Waals surface area contributed by atoms with Crippen molar-refractivity contribution in [2.75, 3.05) is 0 Å². The molecule has 1 rings (SSSR count). The number of aromatic nitrogens is 1. The topological polar surface area (TPSA) is 48.4 Å². The molecule has 0 atom stereocenters. The van der Waals surface area contributed by atoms with Crippen LogP contribution in [0.1, 0.15) is 31.1 Å². The van der Waals surface area contributed by atoms with Gasteiger partial charge in [0.2, 0.25) is 5.88 Å². The summed E-state index contributed by atoms with van der Waals surface area (Å²) in [7, 11) is 0. The first-order valence-corrected chi connectivity index (χ1v) is 5.83. The monoisotopic (exact) mass is 323 g/mol. The Bertz CT molecular complexity index is 446. The van der Waals surface area contributed by atoms with Gasteiger partial charge < -0.3 is 9.47 Å². The number of alkyl halides is 2. The Morgan fingerprint density at radius 2 is 2.00 bits per heavy atom. The van der Waals surface area contributed by atoms with Gasteiger partial charge in [-0.05, 0) is 48.8 Å². The number of esters is 1. The van der Waals surface area contributed by atoms with Gasteiger partial charge in [0, 0.05) is 0 Å². The zero-order chi connectivity index (χ0) is 13.9. The average molecular weight is 324 g/mol. The van der Waals surface area contributed by atoms with E-state index in [9.17, 15) is 13.6 Å². The van der Waals surface area contributed by atoms with Crippen LogP contribution >= 0.6 is 15.9 Å². The molecule has 0 unspecified atom stereocenters. The van der Waals surface area contributed by atoms with E-state index in [2.05, 4.69) is 25.7 Å². The summed E-state index contributed by atoms with van der Waals surface area (Å²) >= 11 is 3.01. The summed E-state index contributed by atoms with van der Waals surface area (Å²) in [5, 5.41) is 0. The number of carbonyl (C=O) groups is 1. The third-order valence-corrected chi connectivity index (χ3v) is 2.09. The number of rotatable bonds is 3. The van der Waals surface area contributed by atoms with Crippen molar-refractivity contribution in [2.24, 2.45) is 0 Å². The van der Waals surface area contributed by atoms with Crippen LogP contribution in [0.15, 0.2) is 16.7 Å². The highest BCUT2D eigenvalue weighted by molar-refractivity contribution is 9.10. The van der Waals surface area contributed by atoms with Gasteiger partial charge in [0.15, 0.2) is 0 Å². The van der Waals surface area contributed by atoms with E-state index in [1.54, 1.807) is 20.8 Å². The van der Waals surface area contributed by atoms with E-state index in [1.165, 1.54) is 12.1 Å². The van der Waals surface area contributed by atoms with Gasteiger partial charge in [-0.1, -0.05) is 0 Å². The van der Waals surface area contributed by atoms with E-state index in [0.29, 0.717) is 0 Å². The number of halogens is 3. The fourth-order valence-electron chi connectivity index (χ4n) is 1.08. The first kappa shape index (κ1) is 14.8. The van der Waals surface area contributed by atoms with Crippen molar-refractivity contribution < 1.29 is 23.0 Å². The summed E-state index contributed by atoms with van der Waals surface area (Å²) in [6, 6.07) is 2.75. The molecule has 0 N–H and O–H groups in total. The lowest BCUT2D eigenvalue weighted by atomic mass is 10.2. The lowest BCUT2D eigenvalue weighted by Crippen LogP contribution is -2.24. The van der Waals surface area contributed by atoms with Crippen LogP contribution in [0.3, 0.4) is 0 Å². The second kappa shape index (κ2) is 5.60. The molecule has 0 aliphatic heterocycles. The Labute approximate surface area is 111 Å². The SMILES string of the molecule is CC(C)(C)OC(=O)c1ccc(Br)nc1OC(F)F. The minimum absolute atomic E-state index is 0.145. The summed E-state index contributed by atoms with van der Waals surface area (Å²) in [5.74, 6) is -1.23. The maximum absolute atomic E-state index is 12.2. The Morgan fingerprint density at radius 3 is 2.50 bits per heavy atom. The van der Waals surface area contributed by atoms with Crippen molar-refractivity contribution in [1.29, 1.82) is 0 Å². The Morgan fingerprint density at radius 1 is 1.39 bits per heavy atom. The molecule has 0 bridgehead atoms. The molecule has 18 heavy (non-hydrogen) atoms. The van der Waals surface area contributed by atoms with E-state index in [1.807, 2.05) is 0 Å². The molecule has 1 aromatic heterocycles. The molecule has 1 heterocycles. The molecular formula is C11H12BrF2NO3. The molecule has 4 nitrogen and oxygen atoms in total. The summed E-state index contributed by atoms with van der Waals surface area (Å²) in [4.78, 5) is 15.4. The number of hydrogen-bond acceptors (Lipinski definition) is 4. The third kappa shape index (κ3) is 4.56. The number of carbonyl (C=O) groups excluding carboxylic acids is 1. The normalized spacial score (nSPS) is 11.5. The molecule has 0 fully saturated rings. The molecule has 0 amide bonds. The van der Waals surface area contributed by atoms with E-state index in [4.69, 9.17) is 4.74 Å². The smallest absolute Gasteiger partial charge is 0.388 e. The van der Waals surface area contributed by atoms with E-state index < -0.39 is 24.1 Å². The second-order valence-corrected chi connectivity index (χ2v) is 5.18. The van der Waals surface area contributed by atoms with Crippen LogP contribution in [0.5, 0.6) is 5.88 Å². The maximum atomic E-state index is 12.2. The lowest BCUT2D eigenvalue weighted by molar-refractivity contribution is -0.0539. The van der Waals surface area contributed by atoms with Crippen LogP contribution in [0, 0.1) is 0 Å². The maximum Gasteiger partial charge on any atom is 0.388 e. The number of pyridine rings is 1. The van der Waals surface area contributed by atoms with Gasteiger partial charge >= 0.3 is 12.6 Å². The van der Waals surface area contributed by atoms with Crippen LogP contribution in [0.4, 0.5) is 8.78 Å². The van der Waals surface area contributed by atoms with Gasteiger partial charge in [-0.2, -0.15) is 8.78 Å². The zero-order valence-electron chi connectivity index (χ0n) is 10.0. The van der Waals surface area contributed by atoms with Crippen LogP contribution < -0.4 is 4.74 Å². The van der Waals surface area contributed by atoms with Crippen LogP contribution in [0.25, 0.3) is 0 Å². The van der Waals surface area contributed by atoms with Crippen LogP contribution in [-0.2, 0) is 4.74 Å². The summed E-state index contributed by atoms with van der Waals surface area (Å²) in [6.45, 7) is 1.95. The van der Waals surface area contributed by atoms with Gasteiger partial charge in [-0.3, -0.25) is 0 Å². The Hall–Kier alpha value is -1.24. The van der Waals surface area contributed by atoms with Crippen molar-refractivity contribution in [1.82, 2.24) is 4.98 Å². The second-order valence-electron chi connectivity index (χ2n) is 4.37. The first-order chi connectivity index (χ1) is 8.19. The predicted octanol–water partition coefficient (Wildman–Crippen LogP) is 3.40. The molecule has 0 spiro atoms. The van der Waals surface area contributed by atoms with Gasteiger partial charge in [0.1, 0.15) is 15.8 Å². The van der Waals surface area contributed by atoms with Crippen molar-refractivity contribution in [3.05, 3.63) is 22.3 Å². The zero-order valence-corrected chi connectivity index (χ0v) is 11.6. The Balaban J connectivity index is 3.03. The molecule has 7 heteroatoms. The molecule has 0 aliphatic carbocycles. The molecule has 0 saturated carbocycles. The van der Waals surface area contributed by atoms with Crippen LogP contribution in [0.2, 0.25) is 0 Å². The largest absolute Gasteiger partial charge is 0.456 e. The lowest BCUT2D eigenvalue weighted by Gasteiger charge is -2.20. The van der Waals surface area contributed by atoms with Gasteiger partial charge in [0.25, 0.3) is 0 Å². The third-order valence-electron chi connectivity index (χ3n) is 1.65. The van der Waals surface area contributed by atoms with E-state index >= 15 is 0 Å². The predicted molar refractivity (Wildman–Crippen MR) is 63.7 cm³/mol. The standard InChI is InChI=1S/C11H12BrF2NO3/c1-11(2,3)18-9(16)6-4-5-7(12)15-8(6)17-10(13)14/h4-5,10H,1-3H3. The Kier molecular flexibility index (Phi) is 4.61. The van der Waals surface area contributed by atoms with E-state index in [-0.39, 0.29) is 10.2 Å². The van der Waals surface area contributed by atoms with Crippen molar-refractivity contribution in [2.45, 2.75) is 33.0 Å². The molecule has 0 aliphatic rings. The number of nitrogens with zero attached hydrogens (tertiary/aromatic N) is 1. The van der Waals surface area contributed by atoms with Crippen molar-refractivity contribution in [3.63, 3.8) is 0 Å². The summed E-state index contributed by atoms with van der Waals surface area (Å²) in [5.41, 5.74) is -0.875. The molecule has 0 aromatic carbocycles. The van der Waals surface area contributed by atoms with Gasteiger partial charge in [-0.15, -0.1) is 0 Å².